The second kappa shape index (κ2) is 7.14. The molecule has 3 aromatic rings. The van der Waals surface area contributed by atoms with Crippen LogP contribution in [0.4, 0.5) is 0 Å². The van der Waals surface area contributed by atoms with Gasteiger partial charge in [0.2, 0.25) is 0 Å². The molecule has 0 saturated heterocycles. The molecule has 0 fully saturated rings. The number of fused-ring (bicyclic) bond motifs is 1. The number of aromatic nitrogens is 3. The molecule has 0 saturated carbocycles. The number of aliphatic carboxylic acids is 1. The monoisotopic (exact) mass is 385 g/mol. The first-order valence-electron chi connectivity index (χ1n) is 8.44. The molecule has 10 nitrogen and oxygen atoms in total. The number of amides is 2. The summed E-state index contributed by atoms with van der Waals surface area (Å²) in [5.74, 6) is -1.80. The van der Waals surface area contributed by atoms with Gasteiger partial charge in [-0.2, -0.15) is 0 Å². The van der Waals surface area contributed by atoms with Crippen molar-refractivity contribution in [3.05, 3.63) is 42.2 Å². The summed E-state index contributed by atoms with van der Waals surface area (Å²) in [4.78, 5) is 43.8. The first kappa shape index (κ1) is 19.1. The van der Waals surface area contributed by atoms with Crippen LogP contribution in [0.3, 0.4) is 0 Å². The summed E-state index contributed by atoms with van der Waals surface area (Å²) in [6.07, 6.45) is 2.98. The molecule has 0 aliphatic carbocycles. The third-order valence-corrected chi connectivity index (χ3v) is 4.36. The average Bonchev–Trinajstić information content (AvgIpc) is 3.29. The fraction of sp³-hybridized carbons (Fsp3) is 0.278. The molecule has 146 valence electrons. The summed E-state index contributed by atoms with van der Waals surface area (Å²) >= 11 is 0. The smallest absolute Gasteiger partial charge is 0.309 e. The van der Waals surface area contributed by atoms with E-state index in [0.717, 1.165) is 0 Å². The summed E-state index contributed by atoms with van der Waals surface area (Å²) < 4.78 is 6.68. The number of furan rings is 1. The first-order chi connectivity index (χ1) is 13.2. The molecule has 3 rings (SSSR count). The Morgan fingerprint density at radius 3 is 2.71 bits per heavy atom. The number of imidazole rings is 1. The third-order valence-electron chi connectivity index (χ3n) is 4.36. The van der Waals surface area contributed by atoms with E-state index in [1.165, 1.54) is 23.1 Å². The maximum absolute atomic E-state index is 12.7. The SMILES string of the molecule is CC(C)(CCNC(=O)c1cc(-c2ccco2)nc2c(C(N)=O)ncn12)C(=O)O. The largest absolute Gasteiger partial charge is 0.481 e. The minimum absolute atomic E-state index is 0.0746. The highest BCUT2D eigenvalue weighted by atomic mass is 16.4. The maximum atomic E-state index is 12.7. The van der Waals surface area contributed by atoms with Crippen LogP contribution in [0.25, 0.3) is 17.1 Å². The van der Waals surface area contributed by atoms with Crippen LogP contribution in [0.2, 0.25) is 0 Å². The van der Waals surface area contributed by atoms with Crippen molar-refractivity contribution in [1.82, 2.24) is 19.7 Å². The lowest BCUT2D eigenvalue weighted by atomic mass is 9.90. The first-order valence-corrected chi connectivity index (χ1v) is 8.44. The van der Waals surface area contributed by atoms with Crippen LogP contribution in [0.1, 0.15) is 41.2 Å². The van der Waals surface area contributed by atoms with Crippen molar-refractivity contribution in [2.24, 2.45) is 11.1 Å². The lowest BCUT2D eigenvalue weighted by molar-refractivity contribution is -0.147. The summed E-state index contributed by atoms with van der Waals surface area (Å²) in [6.45, 7) is 3.31. The Morgan fingerprint density at radius 2 is 2.11 bits per heavy atom. The number of hydrogen-bond acceptors (Lipinski definition) is 6. The minimum Gasteiger partial charge on any atom is -0.481 e. The Kier molecular flexibility index (Phi) is 4.87. The van der Waals surface area contributed by atoms with Crippen LogP contribution >= 0.6 is 0 Å². The number of carbonyl (C=O) groups is 3. The van der Waals surface area contributed by atoms with Crippen LogP contribution < -0.4 is 11.1 Å². The lowest BCUT2D eigenvalue weighted by Crippen LogP contribution is -2.32. The summed E-state index contributed by atoms with van der Waals surface area (Å²) in [5, 5.41) is 11.9. The molecule has 0 radical (unpaired) electrons. The van der Waals surface area contributed by atoms with E-state index in [0.29, 0.717) is 11.5 Å². The van der Waals surface area contributed by atoms with Crippen LogP contribution in [-0.4, -0.2) is 43.8 Å². The molecule has 4 N–H and O–H groups in total. The molecule has 2 amide bonds. The van der Waals surface area contributed by atoms with Crippen molar-refractivity contribution in [2.75, 3.05) is 6.54 Å². The highest BCUT2D eigenvalue weighted by Gasteiger charge is 2.27. The molecule has 0 aromatic carbocycles. The zero-order chi connectivity index (χ0) is 20.5. The number of nitrogens with one attached hydrogen (secondary N) is 1. The number of carboxylic acid groups (broad SMARTS) is 1. The molecule has 0 unspecified atom stereocenters. The topological polar surface area (TPSA) is 153 Å². The molecule has 28 heavy (non-hydrogen) atoms. The molecule has 0 spiro atoms. The molecule has 0 atom stereocenters. The molecule has 3 heterocycles. The van der Waals surface area contributed by atoms with E-state index in [-0.39, 0.29) is 30.0 Å². The zero-order valence-electron chi connectivity index (χ0n) is 15.3. The summed E-state index contributed by atoms with van der Waals surface area (Å²) in [7, 11) is 0. The van der Waals surface area contributed by atoms with E-state index in [1.54, 1.807) is 26.0 Å². The van der Waals surface area contributed by atoms with Crippen LogP contribution in [0.15, 0.2) is 35.2 Å². The van der Waals surface area contributed by atoms with E-state index in [1.807, 2.05) is 0 Å². The van der Waals surface area contributed by atoms with E-state index in [2.05, 4.69) is 15.3 Å². The average molecular weight is 385 g/mol. The van der Waals surface area contributed by atoms with Gasteiger partial charge >= 0.3 is 5.97 Å². The predicted octanol–water partition coefficient (Wildman–Crippen LogP) is 1.32. The normalized spacial score (nSPS) is 11.5. The molecule has 3 aromatic heterocycles. The Bertz CT molecular complexity index is 1050. The van der Waals surface area contributed by atoms with Gasteiger partial charge in [0.15, 0.2) is 17.1 Å². The molecule has 0 aliphatic heterocycles. The number of nitrogens with two attached hydrogens (primary N) is 1. The minimum atomic E-state index is -0.978. The van der Waals surface area contributed by atoms with Gasteiger partial charge in [-0.05, 0) is 38.5 Å². The van der Waals surface area contributed by atoms with Crippen molar-refractivity contribution < 1.29 is 23.9 Å². The van der Waals surface area contributed by atoms with Gasteiger partial charge in [-0.25, -0.2) is 9.97 Å². The second-order valence-corrected chi connectivity index (χ2v) is 6.85. The van der Waals surface area contributed by atoms with Crippen molar-refractivity contribution in [2.45, 2.75) is 20.3 Å². The Balaban J connectivity index is 1.96. The highest BCUT2D eigenvalue weighted by molar-refractivity contribution is 5.99. The Hall–Kier alpha value is -3.69. The standard InChI is InChI=1S/C18H19N5O5/c1-18(2,17(26)27)5-6-20-16(25)11-8-10(12-4-3-7-28-12)22-15-13(14(19)24)21-9-23(11)15/h3-4,7-9H,5-6H2,1-2H3,(H2,19,24)(H,20,25)(H,26,27). The quantitative estimate of drug-likeness (QED) is 0.554. The number of primary amides is 1. The molecular formula is C18H19N5O5. The van der Waals surface area contributed by atoms with Gasteiger partial charge in [0.25, 0.3) is 11.8 Å². The van der Waals surface area contributed by atoms with Crippen molar-refractivity contribution in [1.29, 1.82) is 0 Å². The van der Waals surface area contributed by atoms with Crippen LogP contribution in [0.5, 0.6) is 0 Å². The number of hydrogen-bond donors (Lipinski definition) is 3. The fourth-order valence-corrected chi connectivity index (χ4v) is 2.56. The Labute approximate surface area is 159 Å². The van der Waals surface area contributed by atoms with E-state index in [4.69, 9.17) is 10.2 Å². The number of carbonyl (C=O) groups excluding carboxylic acids is 2. The number of nitrogens with zero attached hydrogens (tertiary/aromatic N) is 3. The van der Waals surface area contributed by atoms with Gasteiger partial charge in [0.05, 0.1) is 11.7 Å². The molecule has 10 heteroatoms. The van der Waals surface area contributed by atoms with Gasteiger partial charge < -0.3 is 20.6 Å². The molecular weight excluding hydrogens is 366 g/mol. The van der Waals surface area contributed by atoms with Gasteiger partial charge in [-0.1, -0.05) is 0 Å². The number of carboxylic acids is 1. The zero-order valence-corrected chi connectivity index (χ0v) is 15.3. The van der Waals surface area contributed by atoms with Gasteiger partial charge in [-0.15, -0.1) is 0 Å². The van der Waals surface area contributed by atoms with Gasteiger partial charge in [-0.3, -0.25) is 18.8 Å². The molecule has 0 bridgehead atoms. The van der Waals surface area contributed by atoms with Crippen molar-refractivity contribution >= 4 is 23.4 Å². The lowest BCUT2D eigenvalue weighted by Gasteiger charge is -2.19. The third kappa shape index (κ3) is 3.56. The molecule has 0 aliphatic rings. The summed E-state index contributed by atoms with van der Waals surface area (Å²) in [5.41, 5.74) is 4.90. The van der Waals surface area contributed by atoms with Gasteiger partial charge in [0.1, 0.15) is 17.7 Å². The van der Waals surface area contributed by atoms with E-state index in [9.17, 15) is 19.5 Å². The summed E-state index contributed by atoms with van der Waals surface area (Å²) in [6, 6.07) is 4.83. The van der Waals surface area contributed by atoms with Gasteiger partial charge in [0, 0.05) is 6.54 Å². The van der Waals surface area contributed by atoms with Crippen molar-refractivity contribution in [3.63, 3.8) is 0 Å². The highest BCUT2D eigenvalue weighted by Crippen LogP contribution is 2.22. The van der Waals surface area contributed by atoms with Crippen molar-refractivity contribution in [3.8, 4) is 11.5 Å². The van der Waals surface area contributed by atoms with Crippen LogP contribution in [-0.2, 0) is 4.79 Å². The fourth-order valence-electron chi connectivity index (χ4n) is 2.56. The Morgan fingerprint density at radius 1 is 1.36 bits per heavy atom. The second-order valence-electron chi connectivity index (χ2n) is 6.85. The maximum Gasteiger partial charge on any atom is 0.309 e. The van der Waals surface area contributed by atoms with Crippen LogP contribution in [0, 0.1) is 5.41 Å². The van der Waals surface area contributed by atoms with E-state index >= 15 is 0 Å². The number of rotatable bonds is 7. The predicted molar refractivity (Wildman–Crippen MR) is 97.6 cm³/mol. The van der Waals surface area contributed by atoms with E-state index < -0.39 is 23.2 Å².